The molecule has 4 saturated carbocycles. The molecule has 0 radical (unpaired) electrons. The van der Waals surface area contributed by atoms with Gasteiger partial charge in [-0.15, -0.1) is 0 Å². The number of fused-ring (bicyclic) bond motifs is 5. The highest BCUT2D eigenvalue weighted by Crippen LogP contribution is 2.74. The van der Waals surface area contributed by atoms with Gasteiger partial charge in [-0.05, 0) is 115 Å². The quantitative estimate of drug-likeness (QED) is 0.179. The Balaban J connectivity index is 1.83. The van der Waals surface area contributed by atoms with Crippen molar-refractivity contribution in [2.75, 3.05) is 0 Å². The Morgan fingerprint density at radius 2 is 1.71 bits per heavy atom. The molecule has 214 valence electrons. The standard InChI is InChI=1S/C31H46Br2O5/c1-16(2)22(32)9-8-19(28(36)37)26-21-14-24(35)27-29(5)12-11-23(33)17(3)20(29)10-13-30(27,6)31(21,7)15-25(26)38-18(4)34/h17,20-21,23-25,27,35H,8-15H2,1-7H3,(H,36,37)/b26-19-/t17-,20?,21?,23-,24+,25-,27-,29-,30-,31-/m0/s1. The number of halogens is 2. The highest BCUT2D eigenvalue weighted by Gasteiger charge is 2.70. The predicted octanol–water partition coefficient (Wildman–Crippen LogP) is 7.79. The number of aliphatic hydroxyl groups excluding tert-OH is 1. The van der Waals surface area contributed by atoms with Crippen LogP contribution in [0.2, 0.25) is 0 Å². The van der Waals surface area contributed by atoms with Gasteiger partial charge >= 0.3 is 11.9 Å². The van der Waals surface area contributed by atoms with Crippen molar-refractivity contribution in [2.45, 2.75) is 117 Å². The fraction of sp³-hybridized carbons (Fsp3) is 0.806. The van der Waals surface area contributed by atoms with Gasteiger partial charge in [-0.25, -0.2) is 4.79 Å². The maximum Gasteiger partial charge on any atom is 0.331 e. The molecule has 0 bridgehead atoms. The lowest BCUT2D eigenvalue weighted by Crippen LogP contribution is -2.65. The first kappa shape index (κ1) is 30.3. The molecular formula is C31H46Br2O5. The van der Waals surface area contributed by atoms with Gasteiger partial charge in [-0.2, -0.15) is 0 Å². The minimum absolute atomic E-state index is 0.0252. The molecular weight excluding hydrogens is 612 g/mol. The first-order valence-corrected chi connectivity index (χ1v) is 16.1. The fourth-order valence-corrected chi connectivity index (χ4v) is 10.5. The van der Waals surface area contributed by atoms with E-state index >= 15 is 0 Å². The van der Waals surface area contributed by atoms with Crippen LogP contribution in [-0.4, -0.2) is 39.2 Å². The molecule has 5 nitrogen and oxygen atoms in total. The molecule has 10 atom stereocenters. The molecule has 4 fully saturated rings. The van der Waals surface area contributed by atoms with Crippen LogP contribution in [0.4, 0.5) is 0 Å². The highest BCUT2D eigenvalue weighted by molar-refractivity contribution is 9.11. The number of aliphatic carboxylic acids is 1. The summed E-state index contributed by atoms with van der Waals surface area (Å²) in [5.74, 6) is -0.237. The summed E-state index contributed by atoms with van der Waals surface area (Å²) in [6.45, 7) is 14.9. The van der Waals surface area contributed by atoms with E-state index in [-0.39, 0.29) is 34.1 Å². The Kier molecular flexibility index (Phi) is 8.48. The lowest BCUT2D eigenvalue weighted by Gasteiger charge is -2.69. The van der Waals surface area contributed by atoms with Gasteiger partial charge in [0.15, 0.2) is 0 Å². The molecule has 0 aromatic rings. The summed E-state index contributed by atoms with van der Waals surface area (Å²) in [6.07, 6.45) is 5.30. The summed E-state index contributed by atoms with van der Waals surface area (Å²) in [7, 11) is 0. The van der Waals surface area contributed by atoms with E-state index in [1.54, 1.807) is 0 Å². The van der Waals surface area contributed by atoms with E-state index in [0.29, 0.717) is 47.9 Å². The Labute approximate surface area is 245 Å². The average molecular weight is 659 g/mol. The van der Waals surface area contributed by atoms with Crippen molar-refractivity contribution in [2.24, 2.45) is 39.9 Å². The third-order valence-corrected chi connectivity index (χ3v) is 14.2. The predicted molar refractivity (Wildman–Crippen MR) is 157 cm³/mol. The minimum atomic E-state index is -0.947. The number of alkyl halides is 1. The van der Waals surface area contributed by atoms with E-state index in [0.717, 1.165) is 41.3 Å². The number of rotatable bonds is 5. The second-order valence-corrected chi connectivity index (χ2v) is 15.8. The normalized spacial score (nSPS) is 45.4. The van der Waals surface area contributed by atoms with E-state index in [4.69, 9.17) is 4.74 Å². The van der Waals surface area contributed by atoms with Crippen LogP contribution in [-0.2, 0) is 14.3 Å². The molecule has 0 amide bonds. The largest absolute Gasteiger partial charge is 0.478 e. The van der Waals surface area contributed by atoms with Crippen LogP contribution in [0, 0.1) is 39.9 Å². The number of carboxylic acids is 1. The summed E-state index contributed by atoms with van der Waals surface area (Å²) < 4.78 is 6.92. The van der Waals surface area contributed by atoms with Gasteiger partial charge in [0.2, 0.25) is 0 Å². The van der Waals surface area contributed by atoms with E-state index < -0.39 is 18.2 Å². The lowest BCUT2D eigenvalue weighted by molar-refractivity contribution is -0.224. The van der Waals surface area contributed by atoms with Crippen LogP contribution in [0.1, 0.15) is 99.8 Å². The van der Waals surface area contributed by atoms with Crippen molar-refractivity contribution in [1.82, 2.24) is 0 Å². The maximum absolute atomic E-state index is 12.7. The first-order valence-electron chi connectivity index (χ1n) is 14.4. The summed E-state index contributed by atoms with van der Waals surface area (Å²) in [6, 6.07) is 0. The molecule has 4 aliphatic rings. The van der Waals surface area contributed by atoms with Crippen LogP contribution in [0.3, 0.4) is 0 Å². The summed E-state index contributed by atoms with van der Waals surface area (Å²) in [5.41, 5.74) is 1.77. The molecule has 2 unspecified atom stereocenters. The van der Waals surface area contributed by atoms with E-state index in [1.807, 2.05) is 13.8 Å². The van der Waals surface area contributed by atoms with Crippen LogP contribution >= 0.6 is 31.9 Å². The Bertz CT molecular complexity index is 1050. The molecule has 0 saturated heterocycles. The van der Waals surface area contributed by atoms with Gasteiger partial charge < -0.3 is 14.9 Å². The maximum atomic E-state index is 12.7. The topological polar surface area (TPSA) is 83.8 Å². The molecule has 4 aliphatic carbocycles. The molecule has 0 aromatic carbocycles. The SMILES string of the molecule is CC(=O)O[C@H]1C[C@@]2(C)C(C[C@@H](O)[C@H]3[C@@]4(C)CC[C@H](Br)[C@@H](C)C4CC[C@@]32C)/C1=C(\CCC(Br)=C(C)C)C(=O)O. The first-order chi connectivity index (χ1) is 17.6. The molecule has 0 aromatic heterocycles. The van der Waals surface area contributed by atoms with E-state index in [2.05, 4.69) is 59.6 Å². The third-order valence-electron chi connectivity index (χ3n) is 11.7. The number of carboxylic acid groups (broad SMARTS) is 1. The zero-order valence-corrected chi connectivity index (χ0v) is 27.2. The summed E-state index contributed by atoms with van der Waals surface area (Å²) in [4.78, 5) is 25.5. The lowest BCUT2D eigenvalue weighted by atomic mass is 9.36. The van der Waals surface area contributed by atoms with Crippen molar-refractivity contribution in [1.29, 1.82) is 0 Å². The van der Waals surface area contributed by atoms with E-state index in [1.165, 1.54) is 6.92 Å². The number of hydrogen-bond donors (Lipinski definition) is 2. The fourth-order valence-electron chi connectivity index (χ4n) is 9.74. The molecule has 4 rings (SSSR count). The number of allylic oxidation sites excluding steroid dienone is 2. The Morgan fingerprint density at radius 3 is 2.29 bits per heavy atom. The van der Waals surface area contributed by atoms with Gasteiger partial charge in [0.1, 0.15) is 6.10 Å². The Morgan fingerprint density at radius 1 is 1.05 bits per heavy atom. The van der Waals surface area contributed by atoms with Gasteiger partial charge in [-0.1, -0.05) is 65.1 Å². The molecule has 0 spiro atoms. The smallest absolute Gasteiger partial charge is 0.331 e. The number of ether oxygens (including phenoxy) is 1. The van der Waals surface area contributed by atoms with E-state index in [9.17, 15) is 19.8 Å². The van der Waals surface area contributed by atoms with Gasteiger partial charge in [0, 0.05) is 17.3 Å². The second-order valence-electron chi connectivity index (χ2n) is 13.7. The molecule has 2 N–H and O–H groups in total. The molecule has 7 heteroatoms. The number of carbonyl (C=O) groups excluding carboxylic acids is 1. The average Bonchev–Trinajstić information content (AvgIpc) is 3.08. The van der Waals surface area contributed by atoms with Crippen LogP contribution < -0.4 is 0 Å². The highest BCUT2D eigenvalue weighted by atomic mass is 79.9. The number of hydrogen-bond acceptors (Lipinski definition) is 4. The van der Waals surface area contributed by atoms with Crippen molar-refractivity contribution in [3.05, 3.63) is 21.2 Å². The van der Waals surface area contributed by atoms with Crippen molar-refractivity contribution >= 4 is 43.8 Å². The van der Waals surface area contributed by atoms with Gasteiger partial charge in [0.05, 0.1) is 6.10 Å². The van der Waals surface area contributed by atoms with Crippen molar-refractivity contribution in [3.63, 3.8) is 0 Å². The van der Waals surface area contributed by atoms with Crippen LogP contribution in [0.5, 0.6) is 0 Å². The van der Waals surface area contributed by atoms with Gasteiger partial charge in [0.25, 0.3) is 0 Å². The summed E-state index contributed by atoms with van der Waals surface area (Å²) >= 11 is 7.54. The molecule has 38 heavy (non-hydrogen) atoms. The number of esters is 1. The second kappa shape index (κ2) is 10.6. The third kappa shape index (κ3) is 4.68. The van der Waals surface area contributed by atoms with Crippen molar-refractivity contribution < 1.29 is 24.5 Å². The minimum Gasteiger partial charge on any atom is -0.478 e. The monoisotopic (exact) mass is 656 g/mol. The number of carbonyl (C=O) groups is 2. The van der Waals surface area contributed by atoms with Crippen molar-refractivity contribution in [3.8, 4) is 0 Å². The molecule has 0 heterocycles. The molecule has 0 aliphatic heterocycles. The number of aliphatic hydroxyl groups is 1. The summed E-state index contributed by atoms with van der Waals surface area (Å²) in [5, 5.41) is 22.4. The van der Waals surface area contributed by atoms with Crippen LogP contribution in [0.25, 0.3) is 0 Å². The van der Waals surface area contributed by atoms with Gasteiger partial charge in [-0.3, -0.25) is 4.79 Å². The zero-order valence-electron chi connectivity index (χ0n) is 24.1. The van der Waals surface area contributed by atoms with Crippen LogP contribution in [0.15, 0.2) is 21.2 Å². The Hall–Kier alpha value is -0.660. The zero-order chi connectivity index (χ0) is 28.4.